The van der Waals surface area contributed by atoms with Crippen molar-refractivity contribution in [1.82, 2.24) is 5.32 Å². The summed E-state index contributed by atoms with van der Waals surface area (Å²) in [5.41, 5.74) is 2.24. The van der Waals surface area contributed by atoms with E-state index in [0.717, 1.165) is 18.4 Å². The van der Waals surface area contributed by atoms with Crippen molar-refractivity contribution in [3.63, 3.8) is 0 Å². The molecule has 0 spiro atoms. The number of rotatable bonds is 4. The Balaban J connectivity index is 1.96. The highest BCUT2D eigenvalue weighted by molar-refractivity contribution is 5.15. The minimum Gasteiger partial charge on any atom is -0.310 e. The maximum absolute atomic E-state index is 3.81. The summed E-state index contributed by atoms with van der Waals surface area (Å²) in [6, 6.07) is 0.682. The molecule has 0 aliphatic heterocycles. The number of hydrogen-bond donors (Lipinski definition) is 1. The Hall–Kier alpha value is -0.300. The molecule has 0 aromatic carbocycles. The van der Waals surface area contributed by atoms with E-state index in [2.05, 4.69) is 39.1 Å². The third-order valence-electron chi connectivity index (χ3n) is 5.62. The SMILES string of the molecule is CCNC(C1=CCCCC1)C1CCC(C(C)(C)C)CC1. The highest BCUT2D eigenvalue weighted by Crippen LogP contribution is 2.42. The van der Waals surface area contributed by atoms with E-state index in [4.69, 9.17) is 0 Å². The molecule has 0 aromatic rings. The van der Waals surface area contributed by atoms with Crippen LogP contribution in [0.1, 0.15) is 79.1 Å². The van der Waals surface area contributed by atoms with Crippen LogP contribution in [0.2, 0.25) is 0 Å². The Kier molecular flexibility index (Phi) is 5.72. The first-order valence-corrected chi connectivity index (χ1v) is 8.94. The molecule has 0 amide bonds. The van der Waals surface area contributed by atoms with Gasteiger partial charge in [-0.15, -0.1) is 0 Å². The van der Waals surface area contributed by atoms with Crippen molar-refractivity contribution in [1.29, 1.82) is 0 Å². The molecule has 2 aliphatic rings. The minimum absolute atomic E-state index is 0.503. The summed E-state index contributed by atoms with van der Waals surface area (Å²) in [7, 11) is 0. The minimum atomic E-state index is 0.503. The molecule has 1 heteroatoms. The van der Waals surface area contributed by atoms with E-state index in [1.807, 2.05) is 0 Å². The van der Waals surface area contributed by atoms with Crippen LogP contribution in [0.25, 0.3) is 0 Å². The molecule has 1 fully saturated rings. The Morgan fingerprint density at radius 2 is 1.85 bits per heavy atom. The van der Waals surface area contributed by atoms with Crippen LogP contribution in [0.15, 0.2) is 11.6 Å². The van der Waals surface area contributed by atoms with Crippen LogP contribution < -0.4 is 5.32 Å². The summed E-state index contributed by atoms with van der Waals surface area (Å²) in [4.78, 5) is 0. The number of likely N-dealkylation sites (N-methyl/N-ethyl adjacent to an activating group) is 1. The molecule has 2 aliphatic carbocycles. The van der Waals surface area contributed by atoms with Crippen molar-refractivity contribution in [2.24, 2.45) is 17.3 Å². The lowest BCUT2D eigenvalue weighted by atomic mass is 9.67. The summed E-state index contributed by atoms with van der Waals surface area (Å²) < 4.78 is 0. The normalized spacial score (nSPS) is 29.9. The fourth-order valence-electron chi connectivity index (χ4n) is 4.28. The Morgan fingerprint density at radius 3 is 2.35 bits per heavy atom. The van der Waals surface area contributed by atoms with Crippen LogP contribution in [-0.4, -0.2) is 12.6 Å². The van der Waals surface area contributed by atoms with Crippen molar-refractivity contribution in [3.8, 4) is 0 Å². The summed E-state index contributed by atoms with van der Waals surface area (Å²) in [6.07, 6.45) is 13.7. The standard InChI is InChI=1S/C19H35N/c1-5-20-18(15-9-7-6-8-10-15)16-11-13-17(14-12-16)19(2,3)4/h9,16-18,20H,5-8,10-14H2,1-4H3. The smallest absolute Gasteiger partial charge is 0.0307 e. The van der Waals surface area contributed by atoms with E-state index in [1.54, 1.807) is 5.57 Å². The van der Waals surface area contributed by atoms with Crippen LogP contribution in [0.5, 0.6) is 0 Å². The van der Waals surface area contributed by atoms with Gasteiger partial charge in [0.2, 0.25) is 0 Å². The molecule has 1 nitrogen and oxygen atoms in total. The molecule has 0 heterocycles. The zero-order valence-electron chi connectivity index (χ0n) is 14.2. The lowest BCUT2D eigenvalue weighted by Gasteiger charge is -2.40. The van der Waals surface area contributed by atoms with Crippen molar-refractivity contribution < 1.29 is 0 Å². The number of hydrogen-bond acceptors (Lipinski definition) is 1. The monoisotopic (exact) mass is 277 g/mol. The molecular formula is C19H35N. The summed E-state index contributed by atoms with van der Waals surface area (Å²) in [5, 5.41) is 3.81. The average Bonchev–Trinajstić information content (AvgIpc) is 2.45. The predicted molar refractivity (Wildman–Crippen MR) is 88.9 cm³/mol. The number of allylic oxidation sites excluding steroid dienone is 1. The van der Waals surface area contributed by atoms with E-state index < -0.39 is 0 Å². The number of nitrogens with one attached hydrogen (secondary N) is 1. The van der Waals surface area contributed by atoms with Crippen LogP contribution >= 0.6 is 0 Å². The topological polar surface area (TPSA) is 12.0 Å². The van der Waals surface area contributed by atoms with Crippen LogP contribution in [0, 0.1) is 17.3 Å². The highest BCUT2D eigenvalue weighted by atomic mass is 14.9. The molecule has 0 saturated heterocycles. The second kappa shape index (κ2) is 7.11. The van der Waals surface area contributed by atoms with E-state index in [9.17, 15) is 0 Å². The first-order chi connectivity index (χ1) is 9.52. The van der Waals surface area contributed by atoms with Crippen molar-refractivity contribution >= 4 is 0 Å². The Morgan fingerprint density at radius 1 is 1.15 bits per heavy atom. The molecule has 1 atom stereocenters. The van der Waals surface area contributed by atoms with Gasteiger partial charge in [0.05, 0.1) is 0 Å². The van der Waals surface area contributed by atoms with Gasteiger partial charge in [-0.2, -0.15) is 0 Å². The quantitative estimate of drug-likeness (QED) is 0.686. The largest absolute Gasteiger partial charge is 0.310 e. The Labute approximate surface area is 126 Å². The third kappa shape index (κ3) is 4.10. The fraction of sp³-hybridized carbons (Fsp3) is 0.895. The molecule has 116 valence electrons. The van der Waals surface area contributed by atoms with Gasteiger partial charge in [0.1, 0.15) is 0 Å². The summed E-state index contributed by atoms with van der Waals surface area (Å²) >= 11 is 0. The van der Waals surface area contributed by atoms with Gasteiger partial charge in [-0.25, -0.2) is 0 Å². The molecule has 1 saturated carbocycles. The van der Waals surface area contributed by atoms with Gasteiger partial charge in [0.25, 0.3) is 0 Å². The zero-order chi connectivity index (χ0) is 14.6. The lowest BCUT2D eigenvalue weighted by molar-refractivity contribution is 0.137. The molecule has 1 unspecified atom stereocenters. The van der Waals surface area contributed by atoms with Gasteiger partial charge < -0.3 is 5.32 Å². The van der Waals surface area contributed by atoms with Gasteiger partial charge in [-0.1, -0.05) is 39.3 Å². The second-order valence-electron chi connectivity index (χ2n) is 8.04. The van der Waals surface area contributed by atoms with E-state index in [1.165, 1.54) is 51.4 Å². The molecular weight excluding hydrogens is 242 g/mol. The van der Waals surface area contributed by atoms with Gasteiger partial charge in [0.15, 0.2) is 0 Å². The van der Waals surface area contributed by atoms with Crippen molar-refractivity contribution in [2.75, 3.05) is 6.54 Å². The molecule has 20 heavy (non-hydrogen) atoms. The first-order valence-electron chi connectivity index (χ1n) is 8.94. The molecule has 0 aromatic heterocycles. The lowest BCUT2D eigenvalue weighted by Crippen LogP contribution is -2.41. The molecule has 1 N–H and O–H groups in total. The predicted octanol–water partition coefficient (Wildman–Crippen LogP) is 5.32. The summed E-state index contributed by atoms with van der Waals surface area (Å²) in [6.45, 7) is 10.6. The van der Waals surface area contributed by atoms with E-state index in [0.29, 0.717) is 11.5 Å². The van der Waals surface area contributed by atoms with Crippen molar-refractivity contribution in [3.05, 3.63) is 11.6 Å². The van der Waals surface area contributed by atoms with Gasteiger partial charge >= 0.3 is 0 Å². The van der Waals surface area contributed by atoms with E-state index >= 15 is 0 Å². The van der Waals surface area contributed by atoms with Gasteiger partial charge in [-0.3, -0.25) is 0 Å². The fourth-order valence-corrected chi connectivity index (χ4v) is 4.28. The molecule has 0 radical (unpaired) electrons. The average molecular weight is 277 g/mol. The maximum Gasteiger partial charge on any atom is 0.0307 e. The first kappa shape index (κ1) is 16.1. The highest BCUT2D eigenvalue weighted by Gasteiger charge is 2.33. The zero-order valence-corrected chi connectivity index (χ0v) is 14.2. The van der Waals surface area contributed by atoms with Gasteiger partial charge in [0, 0.05) is 6.04 Å². The van der Waals surface area contributed by atoms with Gasteiger partial charge in [-0.05, 0) is 75.2 Å². The van der Waals surface area contributed by atoms with Crippen LogP contribution in [-0.2, 0) is 0 Å². The molecule has 2 rings (SSSR count). The van der Waals surface area contributed by atoms with Crippen LogP contribution in [0.4, 0.5) is 0 Å². The second-order valence-corrected chi connectivity index (χ2v) is 8.04. The third-order valence-corrected chi connectivity index (χ3v) is 5.62. The molecule has 0 bridgehead atoms. The Bertz CT molecular complexity index is 315. The summed E-state index contributed by atoms with van der Waals surface area (Å²) in [5.74, 6) is 1.82. The maximum atomic E-state index is 3.81. The van der Waals surface area contributed by atoms with Crippen LogP contribution in [0.3, 0.4) is 0 Å². The van der Waals surface area contributed by atoms with Crippen molar-refractivity contribution in [2.45, 2.75) is 85.1 Å². The van der Waals surface area contributed by atoms with E-state index in [-0.39, 0.29) is 0 Å².